The van der Waals surface area contributed by atoms with E-state index < -0.39 is 0 Å². The number of nitrogens with zero attached hydrogens (tertiary/aromatic N) is 4. The third kappa shape index (κ3) is 3.04. The van der Waals surface area contributed by atoms with E-state index in [2.05, 4.69) is 38.0 Å². The van der Waals surface area contributed by atoms with Gasteiger partial charge in [-0.25, -0.2) is 9.67 Å². The maximum absolute atomic E-state index is 11.7. The second-order valence-electron chi connectivity index (χ2n) is 3.41. The quantitative estimate of drug-likeness (QED) is 0.846. The molecule has 6 nitrogen and oxygen atoms in total. The fourth-order valence-corrected chi connectivity index (χ4v) is 1.84. The van der Waals surface area contributed by atoms with Crippen LogP contribution in [0.25, 0.3) is 0 Å². The molecular formula is C11H8IN5O. The van der Waals surface area contributed by atoms with Crippen molar-refractivity contribution in [1.29, 1.82) is 5.26 Å². The highest BCUT2D eigenvalue weighted by molar-refractivity contribution is 14.1. The van der Waals surface area contributed by atoms with E-state index in [1.807, 2.05) is 24.3 Å². The van der Waals surface area contributed by atoms with Gasteiger partial charge in [0.15, 0.2) is 0 Å². The highest BCUT2D eigenvalue weighted by Gasteiger charge is 2.07. The summed E-state index contributed by atoms with van der Waals surface area (Å²) in [6, 6.07) is 9.27. The predicted octanol–water partition coefficient (Wildman–Crippen LogP) is 1.39. The lowest BCUT2D eigenvalue weighted by molar-refractivity contribution is -0.116. The van der Waals surface area contributed by atoms with Crippen molar-refractivity contribution in [2.45, 2.75) is 6.54 Å². The molecule has 1 aromatic carbocycles. The van der Waals surface area contributed by atoms with Crippen LogP contribution in [0.1, 0.15) is 5.82 Å². The summed E-state index contributed by atoms with van der Waals surface area (Å²) >= 11 is 2.14. The van der Waals surface area contributed by atoms with Gasteiger partial charge in [0, 0.05) is 3.57 Å². The van der Waals surface area contributed by atoms with Crippen molar-refractivity contribution < 1.29 is 4.79 Å². The summed E-state index contributed by atoms with van der Waals surface area (Å²) in [5.41, 5.74) is 0.753. The SMILES string of the molecule is N#Cc1ncn(CC(=O)Nc2ccccc2I)n1. The van der Waals surface area contributed by atoms with Crippen LogP contribution in [0, 0.1) is 14.9 Å². The Bertz CT molecular complexity index is 616. The van der Waals surface area contributed by atoms with Gasteiger partial charge in [-0.1, -0.05) is 12.1 Å². The van der Waals surface area contributed by atoms with Gasteiger partial charge in [0.05, 0.1) is 5.69 Å². The monoisotopic (exact) mass is 353 g/mol. The zero-order valence-electron chi connectivity index (χ0n) is 9.17. The van der Waals surface area contributed by atoms with Crippen molar-refractivity contribution in [3.05, 3.63) is 40.0 Å². The van der Waals surface area contributed by atoms with Crippen LogP contribution in [-0.4, -0.2) is 20.7 Å². The van der Waals surface area contributed by atoms with E-state index in [9.17, 15) is 4.79 Å². The number of rotatable bonds is 3. The highest BCUT2D eigenvalue weighted by atomic mass is 127. The minimum atomic E-state index is -0.214. The largest absolute Gasteiger partial charge is 0.324 e. The Morgan fingerprint density at radius 2 is 2.28 bits per heavy atom. The maximum atomic E-state index is 11.7. The molecule has 1 aromatic heterocycles. The number of carbonyl (C=O) groups excluding carboxylic acids is 1. The molecular weight excluding hydrogens is 345 g/mol. The molecule has 0 saturated carbocycles. The first-order chi connectivity index (χ1) is 8.69. The average molecular weight is 353 g/mol. The molecule has 0 bridgehead atoms. The number of halogens is 1. The number of hydrogen-bond donors (Lipinski definition) is 1. The zero-order chi connectivity index (χ0) is 13.0. The van der Waals surface area contributed by atoms with Crippen molar-refractivity contribution in [2.24, 2.45) is 0 Å². The van der Waals surface area contributed by atoms with Gasteiger partial charge in [0.1, 0.15) is 18.9 Å². The van der Waals surface area contributed by atoms with Crippen LogP contribution in [0.5, 0.6) is 0 Å². The Kier molecular flexibility index (Phi) is 3.88. The van der Waals surface area contributed by atoms with E-state index in [1.165, 1.54) is 11.0 Å². The topological polar surface area (TPSA) is 83.6 Å². The van der Waals surface area contributed by atoms with Gasteiger partial charge in [0.25, 0.3) is 5.82 Å². The van der Waals surface area contributed by atoms with E-state index in [0.29, 0.717) is 0 Å². The van der Waals surface area contributed by atoms with E-state index in [-0.39, 0.29) is 18.3 Å². The number of nitrogens with one attached hydrogen (secondary N) is 1. The number of anilines is 1. The lowest BCUT2D eigenvalue weighted by atomic mass is 10.3. The molecule has 0 saturated heterocycles. The smallest absolute Gasteiger partial charge is 0.252 e. The minimum Gasteiger partial charge on any atom is -0.324 e. The van der Waals surface area contributed by atoms with Gasteiger partial charge in [0.2, 0.25) is 5.91 Å². The number of para-hydroxylation sites is 1. The molecule has 0 aliphatic rings. The zero-order valence-corrected chi connectivity index (χ0v) is 11.3. The number of benzene rings is 1. The Labute approximate surface area is 117 Å². The van der Waals surface area contributed by atoms with Crippen LogP contribution in [0.4, 0.5) is 5.69 Å². The molecule has 18 heavy (non-hydrogen) atoms. The first-order valence-electron chi connectivity index (χ1n) is 5.03. The molecule has 7 heteroatoms. The van der Waals surface area contributed by atoms with E-state index in [4.69, 9.17) is 5.26 Å². The molecule has 2 aromatic rings. The Morgan fingerprint density at radius 3 is 2.94 bits per heavy atom. The number of hydrogen-bond acceptors (Lipinski definition) is 4. The Hall–Kier alpha value is -1.95. The fraction of sp³-hybridized carbons (Fsp3) is 0.0909. The summed E-state index contributed by atoms with van der Waals surface area (Å²) in [5, 5.41) is 15.1. The summed E-state index contributed by atoms with van der Waals surface area (Å²) in [4.78, 5) is 15.5. The van der Waals surface area contributed by atoms with Gasteiger partial charge >= 0.3 is 0 Å². The first kappa shape index (κ1) is 12.5. The summed E-state index contributed by atoms with van der Waals surface area (Å²) in [7, 11) is 0. The highest BCUT2D eigenvalue weighted by Crippen LogP contribution is 2.16. The third-order valence-corrected chi connectivity index (χ3v) is 3.03. The van der Waals surface area contributed by atoms with Gasteiger partial charge in [-0.15, -0.1) is 5.10 Å². The van der Waals surface area contributed by atoms with Crippen LogP contribution in [0.15, 0.2) is 30.6 Å². The maximum Gasteiger partial charge on any atom is 0.252 e. The molecule has 0 radical (unpaired) electrons. The summed E-state index contributed by atoms with van der Waals surface area (Å²) in [6.45, 7) is 0.0274. The van der Waals surface area contributed by atoms with Crippen LogP contribution in [0.3, 0.4) is 0 Å². The van der Waals surface area contributed by atoms with E-state index >= 15 is 0 Å². The average Bonchev–Trinajstić information content (AvgIpc) is 2.80. The molecule has 1 amide bonds. The molecule has 0 spiro atoms. The minimum absolute atomic E-state index is 0.0274. The third-order valence-electron chi connectivity index (χ3n) is 2.09. The van der Waals surface area contributed by atoms with E-state index in [0.717, 1.165) is 9.26 Å². The molecule has 1 N–H and O–H groups in total. The van der Waals surface area contributed by atoms with Crippen LogP contribution in [-0.2, 0) is 11.3 Å². The molecule has 0 unspecified atom stereocenters. The van der Waals surface area contributed by atoms with Crippen LogP contribution >= 0.6 is 22.6 Å². The van der Waals surface area contributed by atoms with Crippen LogP contribution in [0.2, 0.25) is 0 Å². The van der Waals surface area contributed by atoms with Gasteiger partial charge in [-0.2, -0.15) is 5.26 Å². The van der Waals surface area contributed by atoms with Crippen molar-refractivity contribution >= 4 is 34.2 Å². The van der Waals surface area contributed by atoms with Crippen molar-refractivity contribution in [1.82, 2.24) is 14.8 Å². The number of aromatic nitrogens is 3. The Morgan fingerprint density at radius 1 is 1.50 bits per heavy atom. The molecule has 0 aliphatic heterocycles. The molecule has 0 atom stereocenters. The summed E-state index contributed by atoms with van der Waals surface area (Å²) < 4.78 is 2.28. The van der Waals surface area contributed by atoms with Gasteiger partial charge in [-0.05, 0) is 34.7 Å². The predicted molar refractivity (Wildman–Crippen MR) is 72.5 cm³/mol. The lowest BCUT2D eigenvalue weighted by Gasteiger charge is -2.06. The number of nitriles is 1. The standard InChI is InChI=1S/C11H8IN5O/c12-8-3-1-2-4-9(8)15-11(18)6-17-7-14-10(5-13)16-17/h1-4,7H,6H2,(H,15,18). The summed E-state index contributed by atoms with van der Waals surface area (Å²) in [5.74, 6) is -0.161. The van der Waals surface area contributed by atoms with Crippen molar-refractivity contribution in [3.8, 4) is 6.07 Å². The normalized spacial score (nSPS) is 9.78. The second-order valence-corrected chi connectivity index (χ2v) is 4.57. The van der Waals surface area contributed by atoms with Gasteiger partial charge < -0.3 is 5.32 Å². The molecule has 0 aliphatic carbocycles. The van der Waals surface area contributed by atoms with Crippen LogP contribution < -0.4 is 5.32 Å². The van der Waals surface area contributed by atoms with Gasteiger partial charge in [-0.3, -0.25) is 4.79 Å². The molecule has 90 valence electrons. The van der Waals surface area contributed by atoms with Crippen molar-refractivity contribution in [3.63, 3.8) is 0 Å². The number of carbonyl (C=O) groups is 1. The fourth-order valence-electron chi connectivity index (χ4n) is 1.32. The number of amides is 1. The first-order valence-corrected chi connectivity index (χ1v) is 6.11. The summed E-state index contributed by atoms with van der Waals surface area (Å²) in [6.07, 6.45) is 1.36. The lowest BCUT2D eigenvalue weighted by Crippen LogP contribution is -2.19. The Balaban J connectivity index is 2.01. The molecule has 0 fully saturated rings. The van der Waals surface area contributed by atoms with E-state index in [1.54, 1.807) is 6.07 Å². The second kappa shape index (κ2) is 5.59. The van der Waals surface area contributed by atoms with Crippen molar-refractivity contribution in [2.75, 3.05) is 5.32 Å². The molecule has 1 heterocycles. The molecule has 2 rings (SSSR count).